The lowest BCUT2D eigenvalue weighted by Gasteiger charge is -2.31. The van der Waals surface area contributed by atoms with E-state index in [-0.39, 0.29) is 12.1 Å². The van der Waals surface area contributed by atoms with Crippen LogP contribution < -0.4 is 16.0 Å². The molecule has 1 amide bonds. The summed E-state index contributed by atoms with van der Waals surface area (Å²) < 4.78 is 7.69. The van der Waals surface area contributed by atoms with Gasteiger partial charge in [0, 0.05) is 45.1 Å². The normalized spacial score (nSPS) is 21.9. The van der Waals surface area contributed by atoms with Gasteiger partial charge in [-0.15, -0.1) is 10.2 Å². The van der Waals surface area contributed by atoms with Crippen LogP contribution in [0.5, 0.6) is 0 Å². The van der Waals surface area contributed by atoms with Gasteiger partial charge in [0.2, 0.25) is 0 Å². The average Bonchev–Trinajstić information content (AvgIpc) is 2.96. The maximum atomic E-state index is 12.0. The predicted octanol–water partition coefficient (Wildman–Crippen LogP) is 2.94. The van der Waals surface area contributed by atoms with Crippen LogP contribution >= 0.6 is 0 Å². The van der Waals surface area contributed by atoms with Crippen molar-refractivity contribution in [3.05, 3.63) is 11.6 Å². The van der Waals surface area contributed by atoms with Crippen LogP contribution in [0, 0.1) is 0 Å². The van der Waals surface area contributed by atoms with E-state index in [1.807, 2.05) is 27.8 Å². The number of aryl methyl sites for hydroxylation is 2. The Bertz CT molecular complexity index is 761. The SMILES string of the molecule is CN=C(NCCCc1nnc2n1CCCCC2)NC1CCC(NC(=O)OC(C)(C)C)CC1. The number of aliphatic imine (C=N–C) groups is 1. The zero-order valence-corrected chi connectivity index (χ0v) is 20.2. The van der Waals surface area contributed by atoms with Crippen LogP contribution in [0.25, 0.3) is 0 Å². The molecule has 3 N–H and O–H groups in total. The lowest BCUT2D eigenvalue weighted by atomic mass is 9.91. The first kappa shape index (κ1) is 24.3. The number of hydrogen-bond donors (Lipinski definition) is 3. The maximum absolute atomic E-state index is 12.0. The smallest absolute Gasteiger partial charge is 0.407 e. The van der Waals surface area contributed by atoms with E-state index in [0.29, 0.717) is 6.04 Å². The van der Waals surface area contributed by atoms with Crippen molar-refractivity contribution in [1.29, 1.82) is 0 Å². The second kappa shape index (κ2) is 11.5. The fraction of sp³-hybridized carbons (Fsp3) is 0.826. The molecule has 1 aromatic heterocycles. The van der Waals surface area contributed by atoms with Gasteiger partial charge < -0.3 is 25.3 Å². The molecule has 9 heteroatoms. The number of carbonyl (C=O) groups is 1. The molecule has 3 rings (SSSR count). The largest absolute Gasteiger partial charge is 0.444 e. The number of fused-ring (bicyclic) bond motifs is 1. The van der Waals surface area contributed by atoms with Gasteiger partial charge in [0.05, 0.1) is 0 Å². The van der Waals surface area contributed by atoms with Crippen LogP contribution in [0.15, 0.2) is 4.99 Å². The second-order valence-corrected chi connectivity index (χ2v) is 9.94. The Labute approximate surface area is 192 Å². The summed E-state index contributed by atoms with van der Waals surface area (Å²) >= 11 is 0. The van der Waals surface area contributed by atoms with E-state index >= 15 is 0 Å². The van der Waals surface area contributed by atoms with Crippen LogP contribution in [0.3, 0.4) is 0 Å². The van der Waals surface area contributed by atoms with Crippen molar-refractivity contribution in [2.75, 3.05) is 13.6 Å². The third-order valence-corrected chi connectivity index (χ3v) is 6.07. The molecular formula is C23H41N7O2. The number of rotatable bonds is 6. The molecule has 32 heavy (non-hydrogen) atoms. The number of amides is 1. The highest BCUT2D eigenvalue weighted by Gasteiger charge is 2.25. The summed E-state index contributed by atoms with van der Waals surface area (Å²) in [5, 5.41) is 18.8. The zero-order valence-electron chi connectivity index (χ0n) is 20.2. The maximum Gasteiger partial charge on any atom is 0.407 e. The Morgan fingerprint density at radius 2 is 1.81 bits per heavy atom. The minimum atomic E-state index is -0.465. The van der Waals surface area contributed by atoms with Gasteiger partial charge in [-0.1, -0.05) is 6.42 Å². The van der Waals surface area contributed by atoms with Gasteiger partial charge in [-0.2, -0.15) is 0 Å². The number of ether oxygens (including phenoxy) is 1. The van der Waals surface area contributed by atoms with E-state index in [2.05, 4.69) is 35.7 Å². The molecule has 0 aromatic carbocycles. The number of alkyl carbamates (subject to hydrolysis) is 1. The van der Waals surface area contributed by atoms with Gasteiger partial charge in [-0.25, -0.2) is 4.79 Å². The fourth-order valence-corrected chi connectivity index (χ4v) is 4.43. The van der Waals surface area contributed by atoms with Crippen molar-refractivity contribution >= 4 is 12.1 Å². The van der Waals surface area contributed by atoms with E-state index < -0.39 is 5.60 Å². The molecule has 0 unspecified atom stereocenters. The van der Waals surface area contributed by atoms with E-state index in [4.69, 9.17) is 4.74 Å². The zero-order chi connectivity index (χ0) is 23.0. The summed E-state index contributed by atoms with van der Waals surface area (Å²) in [7, 11) is 1.81. The molecule has 1 fully saturated rings. The number of guanidine groups is 1. The first-order valence-corrected chi connectivity index (χ1v) is 12.2. The van der Waals surface area contributed by atoms with Gasteiger partial charge >= 0.3 is 6.09 Å². The number of carbonyl (C=O) groups excluding carboxylic acids is 1. The molecule has 0 saturated heterocycles. The number of hydrogen-bond acceptors (Lipinski definition) is 5. The van der Waals surface area contributed by atoms with Crippen LogP contribution in [-0.4, -0.2) is 58.1 Å². The Kier molecular flexibility index (Phi) is 8.75. The third-order valence-electron chi connectivity index (χ3n) is 6.07. The predicted molar refractivity (Wildman–Crippen MR) is 126 cm³/mol. The van der Waals surface area contributed by atoms with Gasteiger partial charge in [0.15, 0.2) is 5.96 Å². The van der Waals surface area contributed by atoms with Gasteiger partial charge in [0.1, 0.15) is 17.2 Å². The van der Waals surface area contributed by atoms with Crippen molar-refractivity contribution in [3.63, 3.8) is 0 Å². The molecule has 9 nitrogen and oxygen atoms in total. The highest BCUT2D eigenvalue weighted by molar-refractivity contribution is 5.79. The highest BCUT2D eigenvalue weighted by Crippen LogP contribution is 2.19. The first-order valence-electron chi connectivity index (χ1n) is 12.2. The van der Waals surface area contributed by atoms with E-state index in [1.165, 1.54) is 19.3 Å². The van der Waals surface area contributed by atoms with Crippen LogP contribution in [0.1, 0.15) is 83.8 Å². The lowest BCUT2D eigenvalue weighted by Crippen LogP contribution is -2.48. The highest BCUT2D eigenvalue weighted by atomic mass is 16.6. The molecule has 180 valence electrons. The van der Waals surface area contributed by atoms with Crippen molar-refractivity contribution in [2.45, 2.75) is 109 Å². The topological polar surface area (TPSA) is 105 Å². The minimum absolute atomic E-state index is 0.177. The van der Waals surface area contributed by atoms with Gasteiger partial charge in [-0.3, -0.25) is 4.99 Å². The van der Waals surface area contributed by atoms with Crippen molar-refractivity contribution in [3.8, 4) is 0 Å². The minimum Gasteiger partial charge on any atom is -0.444 e. The molecule has 2 heterocycles. The summed E-state index contributed by atoms with van der Waals surface area (Å²) in [6.45, 7) is 7.55. The Morgan fingerprint density at radius 1 is 1.09 bits per heavy atom. The fourth-order valence-electron chi connectivity index (χ4n) is 4.43. The van der Waals surface area contributed by atoms with Crippen LogP contribution in [-0.2, 0) is 24.1 Å². The summed E-state index contributed by atoms with van der Waals surface area (Å²) in [6, 6.07) is 0.543. The van der Waals surface area contributed by atoms with Gasteiger partial charge in [-0.05, 0) is 65.7 Å². The molecular weight excluding hydrogens is 406 g/mol. The molecule has 2 aliphatic rings. The van der Waals surface area contributed by atoms with Crippen molar-refractivity contribution in [2.24, 2.45) is 4.99 Å². The van der Waals surface area contributed by atoms with E-state index in [9.17, 15) is 4.79 Å². The second-order valence-electron chi connectivity index (χ2n) is 9.94. The molecule has 0 spiro atoms. The Hall–Kier alpha value is -2.32. The average molecular weight is 448 g/mol. The number of aromatic nitrogens is 3. The van der Waals surface area contributed by atoms with Gasteiger partial charge in [0.25, 0.3) is 0 Å². The third kappa shape index (κ3) is 7.67. The Balaban J connectivity index is 1.33. The van der Waals surface area contributed by atoms with Crippen LogP contribution in [0.4, 0.5) is 4.79 Å². The quantitative estimate of drug-likeness (QED) is 0.352. The molecule has 1 aliphatic heterocycles. The monoisotopic (exact) mass is 447 g/mol. The standard InChI is InChI=1S/C23H41N7O2/c1-23(2,3)32-22(31)27-18-13-11-17(12-14-18)26-21(24-4)25-15-8-10-20-29-28-19-9-6-5-7-16-30(19)20/h17-18H,5-16H2,1-4H3,(H,27,31)(H2,24,25,26). The number of nitrogens with one attached hydrogen (secondary N) is 3. The molecule has 1 aliphatic carbocycles. The first-order chi connectivity index (χ1) is 15.3. The molecule has 0 bridgehead atoms. The number of nitrogens with zero attached hydrogens (tertiary/aromatic N) is 4. The molecule has 1 saturated carbocycles. The summed E-state index contributed by atoms with van der Waals surface area (Å²) in [5.41, 5.74) is -0.465. The summed E-state index contributed by atoms with van der Waals surface area (Å²) in [4.78, 5) is 16.4. The van der Waals surface area contributed by atoms with Crippen LogP contribution in [0.2, 0.25) is 0 Å². The summed E-state index contributed by atoms with van der Waals surface area (Å²) in [6.07, 6.45) is 10.2. The molecule has 0 radical (unpaired) electrons. The summed E-state index contributed by atoms with van der Waals surface area (Å²) in [5.74, 6) is 3.11. The van der Waals surface area contributed by atoms with E-state index in [1.54, 1.807) is 0 Å². The van der Waals surface area contributed by atoms with E-state index in [0.717, 1.165) is 75.6 Å². The van der Waals surface area contributed by atoms with Crippen molar-refractivity contribution < 1.29 is 9.53 Å². The Morgan fingerprint density at radius 3 is 2.50 bits per heavy atom. The molecule has 0 atom stereocenters. The lowest BCUT2D eigenvalue weighted by molar-refractivity contribution is 0.0490. The molecule has 1 aromatic rings. The van der Waals surface area contributed by atoms with Crippen molar-refractivity contribution in [1.82, 2.24) is 30.7 Å².